The Kier molecular flexibility index (Phi) is 2.84. The first-order valence-corrected chi connectivity index (χ1v) is 4.97. The standard InChI is InChI=1S/C8H9BrOS/c1-5(4-10)8-7(9)3-6(2)11-8/h3-5H,1-2H3. The summed E-state index contributed by atoms with van der Waals surface area (Å²) in [4.78, 5) is 12.8. The minimum atomic E-state index is 0.0167. The smallest absolute Gasteiger partial charge is 0.128 e. The molecule has 1 unspecified atom stereocenters. The lowest BCUT2D eigenvalue weighted by molar-refractivity contribution is -0.108. The van der Waals surface area contributed by atoms with Crippen LogP contribution in [0, 0.1) is 6.92 Å². The van der Waals surface area contributed by atoms with Gasteiger partial charge in [-0.3, -0.25) is 0 Å². The van der Waals surface area contributed by atoms with E-state index in [1.54, 1.807) is 11.3 Å². The molecule has 0 fully saturated rings. The lowest BCUT2D eigenvalue weighted by atomic mass is 10.2. The first-order valence-electron chi connectivity index (χ1n) is 3.36. The molecule has 0 aliphatic rings. The minimum absolute atomic E-state index is 0.0167. The van der Waals surface area contributed by atoms with Crippen LogP contribution in [0.5, 0.6) is 0 Å². The van der Waals surface area contributed by atoms with Gasteiger partial charge in [0.05, 0.1) is 0 Å². The molecule has 0 spiro atoms. The molecule has 0 saturated carbocycles. The summed E-state index contributed by atoms with van der Waals surface area (Å²) in [5, 5.41) is 0. The van der Waals surface area contributed by atoms with Gasteiger partial charge in [-0.25, -0.2) is 0 Å². The summed E-state index contributed by atoms with van der Waals surface area (Å²) in [6.07, 6.45) is 0.968. The Labute approximate surface area is 78.6 Å². The van der Waals surface area contributed by atoms with E-state index in [9.17, 15) is 4.79 Å². The lowest BCUT2D eigenvalue weighted by Gasteiger charge is -1.98. The molecule has 0 aliphatic heterocycles. The van der Waals surface area contributed by atoms with Crippen LogP contribution in [0.2, 0.25) is 0 Å². The molecule has 0 amide bonds. The number of thiophene rings is 1. The molecule has 1 aromatic heterocycles. The molecule has 1 nitrogen and oxygen atoms in total. The van der Waals surface area contributed by atoms with Crippen LogP contribution >= 0.6 is 27.3 Å². The maximum absolute atomic E-state index is 10.5. The van der Waals surface area contributed by atoms with Crippen molar-refractivity contribution in [2.24, 2.45) is 0 Å². The van der Waals surface area contributed by atoms with E-state index in [-0.39, 0.29) is 5.92 Å². The van der Waals surface area contributed by atoms with E-state index in [4.69, 9.17) is 0 Å². The second-order valence-electron chi connectivity index (χ2n) is 2.49. The number of aryl methyl sites for hydroxylation is 1. The first-order chi connectivity index (χ1) is 5.15. The van der Waals surface area contributed by atoms with Gasteiger partial charge in [-0.15, -0.1) is 11.3 Å². The molecule has 1 aromatic rings. The van der Waals surface area contributed by atoms with Gasteiger partial charge in [-0.2, -0.15) is 0 Å². The molecule has 0 radical (unpaired) electrons. The summed E-state index contributed by atoms with van der Waals surface area (Å²) in [6.45, 7) is 3.94. The van der Waals surface area contributed by atoms with Gasteiger partial charge in [0.1, 0.15) is 6.29 Å². The van der Waals surface area contributed by atoms with E-state index in [0.29, 0.717) is 0 Å². The van der Waals surface area contributed by atoms with Crippen LogP contribution in [0.25, 0.3) is 0 Å². The number of carbonyl (C=O) groups is 1. The first kappa shape index (κ1) is 8.94. The highest BCUT2D eigenvalue weighted by Crippen LogP contribution is 2.31. The summed E-state index contributed by atoms with van der Waals surface area (Å²) >= 11 is 5.08. The van der Waals surface area contributed by atoms with Gasteiger partial charge in [0.25, 0.3) is 0 Å². The molecule has 0 bridgehead atoms. The van der Waals surface area contributed by atoms with Crippen LogP contribution in [0.4, 0.5) is 0 Å². The Morgan fingerprint density at radius 3 is 2.73 bits per heavy atom. The Morgan fingerprint density at radius 2 is 2.36 bits per heavy atom. The number of hydrogen-bond donors (Lipinski definition) is 0. The van der Waals surface area contributed by atoms with E-state index in [1.807, 2.05) is 19.9 Å². The Hall–Kier alpha value is -0.150. The number of carbonyl (C=O) groups excluding carboxylic acids is 1. The fraction of sp³-hybridized carbons (Fsp3) is 0.375. The number of halogens is 1. The molecule has 0 saturated heterocycles. The lowest BCUT2D eigenvalue weighted by Crippen LogP contribution is -1.90. The maximum atomic E-state index is 10.5. The highest BCUT2D eigenvalue weighted by molar-refractivity contribution is 9.10. The molecular formula is C8H9BrOS. The fourth-order valence-corrected chi connectivity index (χ4v) is 2.89. The van der Waals surface area contributed by atoms with Gasteiger partial charge in [-0.1, -0.05) is 6.92 Å². The number of hydrogen-bond acceptors (Lipinski definition) is 2. The quantitative estimate of drug-likeness (QED) is 0.717. The van der Waals surface area contributed by atoms with Crippen molar-refractivity contribution < 1.29 is 4.79 Å². The van der Waals surface area contributed by atoms with Crippen molar-refractivity contribution in [3.05, 3.63) is 20.3 Å². The Bertz CT molecular complexity index is 267. The summed E-state index contributed by atoms with van der Waals surface area (Å²) in [5.41, 5.74) is 0. The predicted octanol–water partition coefficient (Wildman–Crippen LogP) is 3.12. The van der Waals surface area contributed by atoms with Crippen molar-refractivity contribution in [3.63, 3.8) is 0 Å². The van der Waals surface area contributed by atoms with E-state index in [2.05, 4.69) is 15.9 Å². The summed E-state index contributed by atoms with van der Waals surface area (Å²) in [5.74, 6) is 0.0167. The zero-order chi connectivity index (χ0) is 8.43. The van der Waals surface area contributed by atoms with Crippen LogP contribution in [0.15, 0.2) is 10.5 Å². The van der Waals surface area contributed by atoms with Crippen LogP contribution in [0.1, 0.15) is 22.6 Å². The molecule has 1 heterocycles. The third-order valence-electron chi connectivity index (χ3n) is 1.45. The second kappa shape index (κ2) is 3.50. The zero-order valence-electron chi connectivity index (χ0n) is 6.43. The van der Waals surface area contributed by atoms with Gasteiger partial charge >= 0.3 is 0 Å². The summed E-state index contributed by atoms with van der Waals surface area (Å²) in [6, 6.07) is 2.04. The van der Waals surface area contributed by atoms with Crippen LogP contribution in [-0.2, 0) is 4.79 Å². The Morgan fingerprint density at radius 1 is 1.73 bits per heavy atom. The Balaban J connectivity index is 3.02. The predicted molar refractivity (Wildman–Crippen MR) is 51.2 cm³/mol. The average Bonchev–Trinajstić information content (AvgIpc) is 2.28. The average molecular weight is 233 g/mol. The highest BCUT2D eigenvalue weighted by Gasteiger charge is 2.10. The van der Waals surface area contributed by atoms with E-state index in [1.165, 1.54) is 4.88 Å². The second-order valence-corrected chi connectivity index (χ2v) is 4.64. The maximum Gasteiger partial charge on any atom is 0.128 e. The third kappa shape index (κ3) is 1.91. The van der Waals surface area contributed by atoms with Gasteiger partial charge in [0.2, 0.25) is 0 Å². The van der Waals surface area contributed by atoms with Crippen LogP contribution < -0.4 is 0 Å². The molecule has 0 aliphatic carbocycles. The van der Waals surface area contributed by atoms with E-state index >= 15 is 0 Å². The van der Waals surface area contributed by atoms with Gasteiger partial charge in [0, 0.05) is 20.1 Å². The van der Waals surface area contributed by atoms with Gasteiger partial charge in [-0.05, 0) is 28.9 Å². The normalized spacial score (nSPS) is 13.0. The van der Waals surface area contributed by atoms with Crippen molar-refractivity contribution in [2.75, 3.05) is 0 Å². The molecule has 11 heavy (non-hydrogen) atoms. The molecule has 60 valence electrons. The third-order valence-corrected chi connectivity index (χ3v) is 3.62. The van der Waals surface area contributed by atoms with Crippen LogP contribution in [0.3, 0.4) is 0 Å². The van der Waals surface area contributed by atoms with Crippen molar-refractivity contribution in [3.8, 4) is 0 Å². The molecule has 1 atom stereocenters. The van der Waals surface area contributed by atoms with Crippen molar-refractivity contribution >= 4 is 33.6 Å². The van der Waals surface area contributed by atoms with Gasteiger partial charge in [0.15, 0.2) is 0 Å². The molecule has 0 aromatic carbocycles. The highest BCUT2D eigenvalue weighted by atomic mass is 79.9. The summed E-state index contributed by atoms with van der Waals surface area (Å²) < 4.78 is 1.06. The molecule has 1 rings (SSSR count). The summed E-state index contributed by atoms with van der Waals surface area (Å²) in [7, 11) is 0. The molecule has 3 heteroatoms. The molecular weight excluding hydrogens is 224 g/mol. The largest absolute Gasteiger partial charge is 0.303 e. The fourth-order valence-electron chi connectivity index (χ4n) is 0.873. The van der Waals surface area contributed by atoms with Gasteiger partial charge < -0.3 is 4.79 Å². The van der Waals surface area contributed by atoms with E-state index in [0.717, 1.165) is 15.6 Å². The minimum Gasteiger partial charge on any atom is -0.303 e. The van der Waals surface area contributed by atoms with Crippen molar-refractivity contribution in [1.82, 2.24) is 0 Å². The topological polar surface area (TPSA) is 17.1 Å². The van der Waals surface area contributed by atoms with E-state index < -0.39 is 0 Å². The number of aldehydes is 1. The zero-order valence-corrected chi connectivity index (χ0v) is 8.83. The SMILES string of the molecule is Cc1cc(Br)c(C(C)C=O)s1. The molecule has 0 N–H and O–H groups in total. The number of rotatable bonds is 2. The monoisotopic (exact) mass is 232 g/mol. The van der Waals surface area contributed by atoms with Crippen molar-refractivity contribution in [1.29, 1.82) is 0 Å². The van der Waals surface area contributed by atoms with Crippen molar-refractivity contribution in [2.45, 2.75) is 19.8 Å². The van der Waals surface area contributed by atoms with Crippen LogP contribution in [-0.4, -0.2) is 6.29 Å².